The van der Waals surface area contributed by atoms with Crippen LogP contribution in [0.3, 0.4) is 0 Å². The number of aryl methyl sites for hydroxylation is 1. The standard InChI is InChI=1S/C20H19N3O3/c1-12(2)26-20(25)15-4-5-17-16(11-15)18(10-13(3)22-17)23-19(24)14-6-8-21-9-7-14/h4-12H,1-3H3,(H,22,23,24). The number of hydrogen-bond donors (Lipinski definition) is 1. The highest BCUT2D eigenvalue weighted by Gasteiger charge is 2.14. The van der Waals surface area contributed by atoms with Gasteiger partial charge >= 0.3 is 5.97 Å². The number of pyridine rings is 2. The summed E-state index contributed by atoms with van der Waals surface area (Å²) in [5.74, 6) is -0.664. The third-order valence-corrected chi connectivity index (χ3v) is 3.71. The molecule has 0 radical (unpaired) electrons. The Bertz CT molecular complexity index is 969. The summed E-state index contributed by atoms with van der Waals surface area (Å²) in [6.45, 7) is 5.44. The second kappa shape index (κ2) is 7.31. The van der Waals surface area contributed by atoms with Crippen molar-refractivity contribution in [1.29, 1.82) is 0 Å². The Morgan fingerprint density at radius 2 is 1.77 bits per heavy atom. The van der Waals surface area contributed by atoms with Crippen LogP contribution in [0.2, 0.25) is 0 Å². The van der Waals surface area contributed by atoms with Crippen LogP contribution in [-0.4, -0.2) is 27.9 Å². The molecule has 2 aromatic heterocycles. The zero-order valence-electron chi connectivity index (χ0n) is 14.8. The second-order valence-electron chi connectivity index (χ2n) is 6.19. The van der Waals surface area contributed by atoms with Gasteiger partial charge in [-0.3, -0.25) is 14.8 Å². The van der Waals surface area contributed by atoms with Gasteiger partial charge in [-0.1, -0.05) is 0 Å². The molecule has 0 saturated carbocycles. The summed E-state index contributed by atoms with van der Waals surface area (Å²) >= 11 is 0. The summed E-state index contributed by atoms with van der Waals surface area (Å²) < 4.78 is 5.25. The highest BCUT2D eigenvalue weighted by Crippen LogP contribution is 2.25. The van der Waals surface area contributed by atoms with Gasteiger partial charge in [0, 0.05) is 29.0 Å². The molecule has 1 aromatic carbocycles. The number of aromatic nitrogens is 2. The predicted octanol–water partition coefficient (Wildman–Crippen LogP) is 3.76. The van der Waals surface area contributed by atoms with Crippen LogP contribution in [-0.2, 0) is 4.74 Å². The average Bonchev–Trinajstić information content (AvgIpc) is 2.61. The van der Waals surface area contributed by atoms with Crippen LogP contribution < -0.4 is 5.32 Å². The van der Waals surface area contributed by atoms with E-state index in [9.17, 15) is 9.59 Å². The minimum absolute atomic E-state index is 0.208. The summed E-state index contributed by atoms with van der Waals surface area (Å²) in [5.41, 5.74) is 2.96. The summed E-state index contributed by atoms with van der Waals surface area (Å²) in [4.78, 5) is 33.0. The number of rotatable bonds is 4. The SMILES string of the molecule is Cc1cc(NC(=O)c2ccncc2)c2cc(C(=O)OC(C)C)ccc2n1. The van der Waals surface area contributed by atoms with Crippen LogP contribution in [0.1, 0.15) is 40.3 Å². The first-order valence-corrected chi connectivity index (χ1v) is 8.28. The molecule has 0 spiro atoms. The van der Waals surface area contributed by atoms with E-state index in [1.807, 2.05) is 6.92 Å². The molecule has 2 heterocycles. The van der Waals surface area contributed by atoms with Gasteiger partial charge in [0.25, 0.3) is 5.91 Å². The van der Waals surface area contributed by atoms with E-state index in [1.165, 1.54) is 0 Å². The van der Waals surface area contributed by atoms with Crippen molar-refractivity contribution < 1.29 is 14.3 Å². The highest BCUT2D eigenvalue weighted by atomic mass is 16.5. The fourth-order valence-corrected chi connectivity index (χ4v) is 2.57. The lowest BCUT2D eigenvalue weighted by Crippen LogP contribution is -2.13. The third kappa shape index (κ3) is 3.85. The lowest BCUT2D eigenvalue weighted by molar-refractivity contribution is 0.0378. The maximum atomic E-state index is 12.5. The van der Waals surface area contributed by atoms with E-state index in [0.717, 1.165) is 5.69 Å². The monoisotopic (exact) mass is 349 g/mol. The molecule has 1 N–H and O–H groups in total. The lowest BCUT2D eigenvalue weighted by Gasteiger charge is -2.12. The Morgan fingerprint density at radius 1 is 1.04 bits per heavy atom. The molecule has 0 saturated heterocycles. The number of hydrogen-bond acceptors (Lipinski definition) is 5. The molecule has 0 aliphatic heterocycles. The summed E-state index contributed by atoms with van der Waals surface area (Å²) in [7, 11) is 0. The number of nitrogens with zero attached hydrogens (tertiary/aromatic N) is 2. The fourth-order valence-electron chi connectivity index (χ4n) is 2.57. The number of carbonyl (C=O) groups excluding carboxylic acids is 2. The molecule has 0 atom stereocenters. The van der Waals surface area contributed by atoms with Gasteiger partial charge in [0.05, 0.1) is 22.9 Å². The molecule has 1 amide bonds. The van der Waals surface area contributed by atoms with Gasteiger partial charge < -0.3 is 10.1 Å². The molecule has 0 bridgehead atoms. The molecule has 0 aliphatic rings. The van der Waals surface area contributed by atoms with Crippen molar-refractivity contribution in [3.8, 4) is 0 Å². The molecular formula is C20H19N3O3. The largest absolute Gasteiger partial charge is 0.459 e. The van der Waals surface area contributed by atoms with Crippen molar-refractivity contribution in [3.05, 3.63) is 65.6 Å². The van der Waals surface area contributed by atoms with E-state index >= 15 is 0 Å². The minimum Gasteiger partial charge on any atom is -0.459 e. The van der Waals surface area contributed by atoms with Gasteiger partial charge in [-0.15, -0.1) is 0 Å². The van der Waals surface area contributed by atoms with Gasteiger partial charge in [0.15, 0.2) is 0 Å². The maximum Gasteiger partial charge on any atom is 0.338 e. The maximum absolute atomic E-state index is 12.5. The first-order valence-electron chi connectivity index (χ1n) is 8.28. The summed E-state index contributed by atoms with van der Waals surface area (Å²) in [6.07, 6.45) is 2.91. The molecule has 132 valence electrons. The van der Waals surface area contributed by atoms with Crippen molar-refractivity contribution in [2.45, 2.75) is 26.9 Å². The van der Waals surface area contributed by atoms with Gasteiger partial charge in [0.1, 0.15) is 0 Å². The van der Waals surface area contributed by atoms with E-state index < -0.39 is 5.97 Å². The molecule has 0 fully saturated rings. The Hall–Kier alpha value is -3.28. The first kappa shape index (κ1) is 17.5. The number of amides is 1. The highest BCUT2D eigenvalue weighted by molar-refractivity contribution is 6.09. The Morgan fingerprint density at radius 3 is 2.46 bits per heavy atom. The molecule has 0 unspecified atom stereocenters. The quantitative estimate of drug-likeness (QED) is 0.725. The van der Waals surface area contributed by atoms with Crippen LogP contribution in [0.5, 0.6) is 0 Å². The Labute approximate surface area is 151 Å². The lowest BCUT2D eigenvalue weighted by atomic mass is 10.1. The zero-order valence-corrected chi connectivity index (χ0v) is 14.8. The van der Waals surface area contributed by atoms with E-state index in [4.69, 9.17) is 4.74 Å². The Balaban J connectivity index is 2.00. The normalized spacial score (nSPS) is 10.8. The molecule has 6 heteroatoms. The molecule has 26 heavy (non-hydrogen) atoms. The van der Waals surface area contributed by atoms with Gasteiger partial charge in [-0.25, -0.2) is 4.79 Å². The number of nitrogens with one attached hydrogen (secondary N) is 1. The van der Waals surface area contributed by atoms with E-state index in [1.54, 1.807) is 62.6 Å². The van der Waals surface area contributed by atoms with Crippen molar-refractivity contribution in [2.24, 2.45) is 0 Å². The van der Waals surface area contributed by atoms with Gasteiger partial charge in [-0.2, -0.15) is 0 Å². The van der Waals surface area contributed by atoms with E-state index in [2.05, 4.69) is 15.3 Å². The van der Waals surface area contributed by atoms with E-state index in [0.29, 0.717) is 27.7 Å². The molecule has 6 nitrogen and oxygen atoms in total. The van der Waals surface area contributed by atoms with Gasteiger partial charge in [-0.05, 0) is 57.2 Å². The number of esters is 1. The van der Waals surface area contributed by atoms with Crippen LogP contribution in [0.4, 0.5) is 5.69 Å². The van der Waals surface area contributed by atoms with E-state index in [-0.39, 0.29) is 12.0 Å². The summed E-state index contributed by atoms with van der Waals surface area (Å²) in [5, 5.41) is 3.57. The smallest absolute Gasteiger partial charge is 0.338 e. The minimum atomic E-state index is -0.408. The van der Waals surface area contributed by atoms with Crippen LogP contribution >= 0.6 is 0 Å². The molecular weight excluding hydrogens is 330 g/mol. The summed E-state index contributed by atoms with van der Waals surface area (Å²) in [6, 6.07) is 10.2. The number of benzene rings is 1. The number of anilines is 1. The molecule has 3 rings (SSSR count). The van der Waals surface area contributed by atoms with Crippen LogP contribution in [0.15, 0.2) is 48.8 Å². The topological polar surface area (TPSA) is 81.2 Å². The van der Waals surface area contributed by atoms with Crippen molar-refractivity contribution in [3.63, 3.8) is 0 Å². The molecule has 0 aliphatic carbocycles. The van der Waals surface area contributed by atoms with Crippen LogP contribution in [0.25, 0.3) is 10.9 Å². The molecule has 3 aromatic rings. The average molecular weight is 349 g/mol. The predicted molar refractivity (Wildman–Crippen MR) is 99.2 cm³/mol. The van der Waals surface area contributed by atoms with Crippen molar-refractivity contribution in [2.75, 3.05) is 5.32 Å². The first-order chi connectivity index (χ1) is 12.4. The fraction of sp³-hybridized carbons (Fsp3) is 0.200. The third-order valence-electron chi connectivity index (χ3n) is 3.71. The number of ether oxygens (including phenoxy) is 1. The second-order valence-corrected chi connectivity index (χ2v) is 6.19. The van der Waals surface area contributed by atoms with Crippen molar-refractivity contribution >= 4 is 28.5 Å². The van der Waals surface area contributed by atoms with Crippen LogP contribution in [0, 0.1) is 6.92 Å². The zero-order chi connectivity index (χ0) is 18.7. The Kier molecular flexibility index (Phi) is 4.93. The number of carbonyl (C=O) groups is 2. The van der Waals surface area contributed by atoms with Crippen molar-refractivity contribution in [1.82, 2.24) is 9.97 Å². The number of fused-ring (bicyclic) bond motifs is 1. The van der Waals surface area contributed by atoms with Gasteiger partial charge in [0.2, 0.25) is 0 Å².